The van der Waals surface area contributed by atoms with Crippen molar-refractivity contribution in [1.29, 1.82) is 10.5 Å². The second-order valence-electron chi connectivity index (χ2n) is 3.22. The molecular formula is C11H11N3O2. The van der Waals surface area contributed by atoms with Gasteiger partial charge in [0.05, 0.1) is 19.3 Å². The predicted molar refractivity (Wildman–Crippen MR) is 56.3 cm³/mol. The van der Waals surface area contributed by atoms with Gasteiger partial charge in [-0.1, -0.05) is 0 Å². The number of aliphatic hydroxyl groups is 2. The lowest BCUT2D eigenvalue weighted by molar-refractivity contribution is 0.0802. The molecule has 5 nitrogen and oxygen atoms in total. The molecule has 0 fully saturated rings. The number of rotatable bonds is 3. The van der Waals surface area contributed by atoms with Crippen LogP contribution in [0.1, 0.15) is 0 Å². The third kappa shape index (κ3) is 2.96. The molecule has 5 heteroatoms. The number of aliphatic hydroxyl groups excluding tert-OH is 2. The maximum absolute atomic E-state index is 9.20. The first-order chi connectivity index (χ1) is 7.71. The van der Waals surface area contributed by atoms with Gasteiger partial charge < -0.3 is 15.1 Å². The molecule has 16 heavy (non-hydrogen) atoms. The summed E-state index contributed by atoms with van der Waals surface area (Å²) in [7, 11) is 0. The van der Waals surface area contributed by atoms with E-state index in [1.165, 1.54) is 0 Å². The first-order valence-corrected chi connectivity index (χ1v) is 4.66. The number of β-amino-alcohol motifs (C(OH)–C–C–N with tert-alkyl or cyclic N) is 1. The fourth-order valence-electron chi connectivity index (χ4n) is 1.20. The van der Waals surface area contributed by atoms with E-state index in [1.807, 2.05) is 0 Å². The highest BCUT2D eigenvalue weighted by Crippen LogP contribution is 2.13. The van der Waals surface area contributed by atoms with Crippen LogP contribution in [0.15, 0.2) is 35.7 Å². The molecule has 0 aliphatic carbocycles. The number of hydrogen-bond donors (Lipinski definition) is 2. The van der Waals surface area contributed by atoms with E-state index in [2.05, 4.69) is 0 Å². The average Bonchev–Trinajstić information content (AvgIpc) is 2.32. The van der Waals surface area contributed by atoms with Gasteiger partial charge in [-0.25, -0.2) is 0 Å². The molecule has 0 aromatic rings. The van der Waals surface area contributed by atoms with Crippen molar-refractivity contribution in [2.24, 2.45) is 0 Å². The van der Waals surface area contributed by atoms with Gasteiger partial charge in [0.1, 0.15) is 17.7 Å². The highest BCUT2D eigenvalue weighted by atomic mass is 16.3. The average molecular weight is 217 g/mol. The summed E-state index contributed by atoms with van der Waals surface area (Å²) in [6.45, 7) is -0.0340. The Morgan fingerprint density at radius 2 is 1.88 bits per heavy atom. The Labute approximate surface area is 93.4 Å². The van der Waals surface area contributed by atoms with Crippen LogP contribution in [0.3, 0.4) is 0 Å². The van der Waals surface area contributed by atoms with Crippen molar-refractivity contribution in [2.75, 3.05) is 13.2 Å². The van der Waals surface area contributed by atoms with Gasteiger partial charge in [-0.05, 0) is 12.2 Å². The van der Waals surface area contributed by atoms with E-state index in [-0.39, 0.29) is 18.7 Å². The van der Waals surface area contributed by atoms with Gasteiger partial charge >= 0.3 is 0 Å². The van der Waals surface area contributed by atoms with E-state index < -0.39 is 6.10 Å². The summed E-state index contributed by atoms with van der Waals surface area (Å²) in [5, 5.41) is 35.1. The molecule has 1 rings (SSSR count). The van der Waals surface area contributed by atoms with Gasteiger partial charge in [0.15, 0.2) is 0 Å². The maximum atomic E-state index is 9.20. The van der Waals surface area contributed by atoms with Gasteiger partial charge in [-0.15, -0.1) is 0 Å². The monoisotopic (exact) mass is 217 g/mol. The highest BCUT2D eigenvalue weighted by Gasteiger charge is 2.09. The minimum atomic E-state index is -0.814. The van der Waals surface area contributed by atoms with Crippen LogP contribution in [0, 0.1) is 22.7 Å². The van der Waals surface area contributed by atoms with Crippen LogP contribution in [-0.4, -0.2) is 34.4 Å². The van der Waals surface area contributed by atoms with Crippen molar-refractivity contribution in [3.8, 4) is 12.1 Å². The second kappa shape index (κ2) is 5.72. The van der Waals surface area contributed by atoms with Gasteiger partial charge in [0.2, 0.25) is 0 Å². The Hall–Kier alpha value is -2.08. The molecule has 1 aliphatic heterocycles. The lowest BCUT2D eigenvalue weighted by atomic mass is 10.1. The Kier molecular flexibility index (Phi) is 4.28. The van der Waals surface area contributed by atoms with Gasteiger partial charge in [0.25, 0.3) is 0 Å². The van der Waals surface area contributed by atoms with E-state index in [9.17, 15) is 5.11 Å². The lowest BCUT2D eigenvalue weighted by Gasteiger charge is -2.20. The molecule has 0 aromatic carbocycles. The van der Waals surface area contributed by atoms with Gasteiger partial charge in [0, 0.05) is 18.0 Å². The normalized spacial score (nSPS) is 15.5. The van der Waals surface area contributed by atoms with Crippen molar-refractivity contribution in [3.63, 3.8) is 0 Å². The quantitative estimate of drug-likeness (QED) is 0.650. The molecule has 0 amide bonds. The molecule has 1 aliphatic rings. The van der Waals surface area contributed by atoms with Gasteiger partial charge in [-0.2, -0.15) is 10.5 Å². The summed E-state index contributed by atoms with van der Waals surface area (Å²) >= 11 is 0. The first kappa shape index (κ1) is 12.0. The summed E-state index contributed by atoms with van der Waals surface area (Å²) in [5.74, 6) is 0. The highest BCUT2D eigenvalue weighted by molar-refractivity contribution is 5.50. The van der Waals surface area contributed by atoms with Crippen LogP contribution in [0.4, 0.5) is 0 Å². The largest absolute Gasteiger partial charge is 0.394 e. The van der Waals surface area contributed by atoms with Crippen LogP contribution >= 0.6 is 0 Å². The zero-order valence-electron chi connectivity index (χ0n) is 8.54. The Balaban J connectivity index is 2.71. The van der Waals surface area contributed by atoms with Gasteiger partial charge in [-0.3, -0.25) is 0 Å². The van der Waals surface area contributed by atoms with Crippen molar-refractivity contribution in [3.05, 3.63) is 35.7 Å². The molecule has 1 unspecified atom stereocenters. The van der Waals surface area contributed by atoms with Crippen LogP contribution < -0.4 is 0 Å². The van der Waals surface area contributed by atoms with E-state index >= 15 is 0 Å². The molecule has 2 N–H and O–H groups in total. The lowest BCUT2D eigenvalue weighted by Crippen LogP contribution is -2.28. The second-order valence-corrected chi connectivity index (χ2v) is 3.22. The molecule has 1 heterocycles. The summed E-state index contributed by atoms with van der Waals surface area (Å²) in [4.78, 5) is 1.66. The summed E-state index contributed by atoms with van der Waals surface area (Å²) in [5.41, 5.74) is 0.592. The molecule has 82 valence electrons. The Bertz CT molecular complexity index is 391. The molecule has 0 spiro atoms. The van der Waals surface area contributed by atoms with E-state index in [0.29, 0.717) is 5.57 Å². The van der Waals surface area contributed by atoms with Crippen molar-refractivity contribution >= 4 is 0 Å². The molecule has 0 saturated carbocycles. The number of nitrogens with zero attached hydrogens (tertiary/aromatic N) is 3. The smallest absolute Gasteiger partial charge is 0.136 e. The zero-order valence-corrected chi connectivity index (χ0v) is 8.54. The van der Waals surface area contributed by atoms with E-state index in [4.69, 9.17) is 15.6 Å². The molecule has 0 bridgehead atoms. The Morgan fingerprint density at radius 1 is 1.31 bits per heavy atom. The Morgan fingerprint density at radius 3 is 2.31 bits per heavy atom. The van der Waals surface area contributed by atoms with Crippen LogP contribution in [-0.2, 0) is 0 Å². The maximum Gasteiger partial charge on any atom is 0.136 e. The minimum absolute atomic E-state index is 0.0508. The van der Waals surface area contributed by atoms with E-state index in [1.54, 1.807) is 41.6 Å². The molecule has 0 saturated heterocycles. The number of hydrogen-bond acceptors (Lipinski definition) is 5. The summed E-state index contributed by atoms with van der Waals surface area (Å²) in [6, 6.07) is 3.59. The van der Waals surface area contributed by atoms with Crippen LogP contribution in [0.25, 0.3) is 0 Å². The molecular weight excluding hydrogens is 206 g/mol. The molecule has 0 radical (unpaired) electrons. The first-order valence-electron chi connectivity index (χ1n) is 4.66. The van der Waals surface area contributed by atoms with Crippen LogP contribution in [0.2, 0.25) is 0 Å². The topological polar surface area (TPSA) is 91.3 Å². The van der Waals surface area contributed by atoms with Crippen molar-refractivity contribution < 1.29 is 10.2 Å². The van der Waals surface area contributed by atoms with E-state index in [0.717, 1.165) is 0 Å². The fourth-order valence-corrected chi connectivity index (χ4v) is 1.20. The number of nitriles is 2. The molecule has 0 aromatic heterocycles. The summed E-state index contributed by atoms with van der Waals surface area (Å²) < 4.78 is 0. The van der Waals surface area contributed by atoms with Crippen LogP contribution in [0.5, 0.6) is 0 Å². The van der Waals surface area contributed by atoms with Crippen molar-refractivity contribution in [1.82, 2.24) is 4.90 Å². The van der Waals surface area contributed by atoms with Crippen molar-refractivity contribution in [2.45, 2.75) is 6.10 Å². The molecule has 1 atom stereocenters. The minimum Gasteiger partial charge on any atom is -0.394 e. The summed E-state index contributed by atoms with van der Waals surface area (Å²) in [6.07, 6.45) is 5.70. The standard InChI is InChI=1S/C11H11N3O2/c12-5-10(6-13)9-1-3-14(4-2-9)7-11(16)8-15/h1-4,11,15-16H,7-8H2. The SMILES string of the molecule is N#CC(C#N)=C1C=CN(CC(O)CO)C=C1. The predicted octanol–water partition coefficient (Wildman–Crippen LogP) is 0.0264. The fraction of sp³-hybridized carbons (Fsp3) is 0.273. The zero-order chi connectivity index (χ0) is 12.0. The third-order valence-corrected chi connectivity index (χ3v) is 2.04. The number of allylic oxidation sites excluding steroid dienone is 4. The third-order valence-electron chi connectivity index (χ3n) is 2.04.